The number of ether oxygens (including phenoxy) is 1. The van der Waals surface area contributed by atoms with Gasteiger partial charge in [0.05, 0.1) is 18.4 Å². The fraction of sp³-hybridized carbons (Fsp3) is 0.500. The Balaban J connectivity index is 2.41. The highest BCUT2D eigenvalue weighted by molar-refractivity contribution is 7.18. The van der Waals surface area contributed by atoms with E-state index in [4.69, 9.17) is 4.74 Å². The van der Waals surface area contributed by atoms with E-state index >= 15 is 0 Å². The molecule has 0 aliphatic carbocycles. The van der Waals surface area contributed by atoms with E-state index in [0.29, 0.717) is 24.4 Å². The van der Waals surface area contributed by atoms with Crippen LogP contribution < -0.4 is 5.56 Å². The molecule has 5 nitrogen and oxygen atoms in total. The highest BCUT2D eigenvalue weighted by atomic mass is 32.1. The normalized spacial score (nSPS) is 11.0. The molecule has 108 valence electrons. The second kappa shape index (κ2) is 5.75. The maximum atomic E-state index is 12.5. The van der Waals surface area contributed by atoms with Gasteiger partial charge in [-0.2, -0.15) is 0 Å². The Labute approximate surface area is 121 Å². The van der Waals surface area contributed by atoms with Crippen LogP contribution in [0.15, 0.2) is 4.79 Å². The number of aryl methyl sites for hydroxylation is 3. The third-order valence-corrected chi connectivity index (χ3v) is 4.43. The Morgan fingerprint density at radius 1 is 1.35 bits per heavy atom. The summed E-state index contributed by atoms with van der Waals surface area (Å²) in [5.74, 6) is 0.338. The lowest BCUT2D eigenvalue weighted by molar-refractivity contribution is -0.143. The van der Waals surface area contributed by atoms with Crippen molar-refractivity contribution in [3.63, 3.8) is 0 Å². The lowest BCUT2D eigenvalue weighted by Crippen LogP contribution is -2.25. The zero-order valence-electron chi connectivity index (χ0n) is 12.1. The van der Waals surface area contributed by atoms with E-state index in [1.807, 2.05) is 13.8 Å². The Morgan fingerprint density at radius 2 is 2.05 bits per heavy atom. The van der Waals surface area contributed by atoms with Gasteiger partial charge in [-0.25, -0.2) is 4.98 Å². The van der Waals surface area contributed by atoms with Crippen molar-refractivity contribution in [2.24, 2.45) is 0 Å². The highest BCUT2D eigenvalue weighted by Crippen LogP contribution is 2.26. The summed E-state index contributed by atoms with van der Waals surface area (Å²) in [6.07, 6.45) is 0.184. The van der Waals surface area contributed by atoms with Crippen molar-refractivity contribution in [3.05, 3.63) is 26.6 Å². The Morgan fingerprint density at radius 3 is 2.70 bits per heavy atom. The molecule has 0 bridgehead atoms. The minimum Gasteiger partial charge on any atom is -0.466 e. The Hall–Kier alpha value is -1.69. The third-order valence-electron chi connectivity index (χ3n) is 3.32. The minimum absolute atomic E-state index is 0.0707. The second-order valence-corrected chi connectivity index (χ2v) is 5.84. The SMILES string of the molecule is CCOC(=O)CCn1c(C)nc2sc(C)c(C)c2c1=O. The van der Waals surface area contributed by atoms with Crippen molar-refractivity contribution in [1.29, 1.82) is 0 Å². The molecule has 0 aromatic carbocycles. The van der Waals surface area contributed by atoms with Crippen LogP contribution in [-0.4, -0.2) is 22.1 Å². The molecule has 6 heteroatoms. The predicted octanol–water partition coefficient (Wildman–Crippen LogP) is 2.34. The van der Waals surface area contributed by atoms with Gasteiger partial charge in [0.1, 0.15) is 10.7 Å². The summed E-state index contributed by atoms with van der Waals surface area (Å²) in [6.45, 7) is 8.13. The molecule has 2 heterocycles. The number of carbonyl (C=O) groups is 1. The van der Waals surface area contributed by atoms with E-state index < -0.39 is 0 Å². The molecule has 0 aliphatic heterocycles. The van der Waals surface area contributed by atoms with Crippen molar-refractivity contribution < 1.29 is 9.53 Å². The molecule has 20 heavy (non-hydrogen) atoms. The van der Waals surface area contributed by atoms with Crippen molar-refractivity contribution in [2.75, 3.05) is 6.61 Å². The first kappa shape index (κ1) is 14.7. The smallest absolute Gasteiger partial charge is 0.307 e. The van der Waals surface area contributed by atoms with Crippen LogP contribution in [0.25, 0.3) is 10.2 Å². The molecule has 2 rings (SSSR count). The van der Waals surface area contributed by atoms with Crippen LogP contribution in [0.2, 0.25) is 0 Å². The summed E-state index contributed by atoms with van der Waals surface area (Å²) in [5.41, 5.74) is 0.908. The van der Waals surface area contributed by atoms with Crippen molar-refractivity contribution in [3.8, 4) is 0 Å². The zero-order valence-corrected chi connectivity index (χ0v) is 13.0. The van der Waals surface area contributed by atoms with Gasteiger partial charge in [-0.3, -0.25) is 14.2 Å². The molecule has 0 radical (unpaired) electrons. The molecule has 0 amide bonds. The predicted molar refractivity (Wildman–Crippen MR) is 79.3 cm³/mol. The Kier molecular flexibility index (Phi) is 4.23. The zero-order chi connectivity index (χ0) is 14.9. The van der Waals surface area contributed by atoms with E-state index in [0.717, 1.165) is 15.3 Å². The van der Waals surface area contributed by atoms with Gasteiger partial charge in [0, 0.05) is 11.4 Å². The first-order valence-corrected chi connectivity index (χ1v) is 7.40. The molecule has 2 aromatic heterocycles. The van der Waals surface area contributed by atoms with Gasteiger partial charge in [0.15, 0.2) is 0 Å². The van der Waals surface area contributed by atoms with Crippen LogP contribution in [0, 0.1) is 20.8 Å². The van der Waals surface area contributed by atoms with Crippen molar-refractivity contribution in [1.82, 2.24) is 9.55 Å². The molecule has 0 atom stereocenters. The number of aromatic nitrogens is 2. The van der Waals surface area contributed by atoms with Crippen LogP contribution in [0.3, 0.4) is 0 Å². The average Bonchev–Trinajstić information content (AvgIpc) is 2.65. The van der Waals surface area contributed by atoms with Gasteiger partial charge in [0.25, 0.3) is 5.56 Å². The van der Waals surface area contributed by atoms with Crippen LogP contribution >= 0.6 is 11.3 Å². The van der Waals surface area contributed by atoms with Gasteiger partial charge in [-0.05, 0) is 33.3 Å². The van der Waals surface area contributed by atoms with Crippen LogP contribution in [0.5, 0.6) is 0 Å². The Bertz CT molecular complexity index is 715. The van der Waals surface area contributed by atoms with Gasteiger partial charge in [0.2, 0.25) is 0 Å². The number of hydrogen-bond acceptors (Lipinski definition) is 5. The number of esters is 1. The van der Waals surface area contributed by atoms with Gasteiger partial charge < -0.3 is 4.74 Å². The summed E-state index contributed by atoms with van der Waals surface area (Å²) in [6, 6.07) is 0. The van der Waals surface area contributed by atoms with Crippen LogP contribution in [-0.2, 0) is 16.1 Å². The van der Waals surface area contributed by atoms with E-state index in [1.54, 1.807) is 18.4 Å². The van der Waals surface area contributed by atoms with Gasteiger partial charge in [-0.15, -0.1) is 11.3 Å². The molecule has 0 saturated carbocycles. The number of thiophene rings is 1. The summed E-state index contributed by atoms with van der Waals surface area (Å²) in [7, 11) is 0. The standard InChI is InChI=1S/C14H18N2O3S/c1-5-19-11(17)6-7-16-10(4)15-13-12(14(16)18)8(2)9(3)20-13/h5-7H2,1-4H3. The number of nitrogens with zero attached hydrogens (tertiary/aromatic N) is 2. The summed E-state index contributed by atoms with van der Waals surface area (Å²) in [5, 5.41) is 0.668. The van der Waals surface area contributed by atoms with Crippen molar-refractivity contribution in [2.45, 2.75) is 40.7 Å². The van der Waals surface area contributed by atoms with E-state index in [9.17, 15) is 9.59 Å². The summed E-state index contributed by atoms with van der Waals surface area (Å²) >= 11 is 1.53. The molecule has 0 N–H and O–H groups in total. The lowest BCUT2D eigenvalue weighted by atomic mass is 10.2. The fourth-order valence-electron chi connectivity index (χ4n) is 2.13. The highest BCUT2D eigenvalue weighted by Gasteiger charge is 2.15. The summed E-state index contributed by atoms with van der Waals surface area (Å²) in [4.78, 5) is 30.3. The average molecular weight is 294 g/mol. The molecular formula is C14H18N2O3S. The van der Waals surface area contributed by atoms with Gasteiger partial charge in [-0.1, -0.05) is 0 Å². The molecular weight excluding hydrogens is 276 g/mol. The van der Waals surface area contributed by atoms with E-state index in [2.05, 4.69) is 4.98 Å². The van der Waals surface area contributed by atoms with E-state index in [1.165, 1.54) is 11.3 Å². The first-order chi connectivity index (χ1) is 9.45. The number of rotatable bonds is 4. The number of fused-ring (bicyclic) bond motifs is 1. The van der Waals surface area contributed by atoms with Crippen LogP contribution in [0.4, 0.5) is 0 Å². The molecule has 0 fully saturated rings. The largest absolute Gasteiger partial charge is 0.466 e. The number of hydrogen-bond donors (Lipinski definition) is 0. The van der Waals surface area contributed by atoms with Crippen LogP contribution in [0.1, 0.15) is 29.6 Å². The van der Waals surface area contributed by atoms with E-state index in [-0.39, 0.29) is 17.9 Å². The molecule has 0 spiro atoms. The monoisotopic (exact) mass is 294 g/mol. The maximum absolute atomic E-state index is 12.5. The fourth-order valence-corrected chi connectivity index (χ4v) is 3.19. The molecule has 2 aromatic rings. The topological polar surface area (TPSA) is 61.2 Å². The number of carbonyl (C=O) groups excluding carboxylic acids is 1. The molecule has 0 aliphatic rings. The second-order valence-electron chi connectivity index (χ2n) is 4.63. The minimum atomic E-state index is -0.294. The van der Waals surface area contributed by atoms with Crippen molar-refractivity contribution >= 4 is 27.5 Å². The van der Waals surface area contributed by atoms with Gasteiger partial charge >= 0.3 is 5.97 Å². The molecule has 0 saturated heterocycles. The quantitative estimate of drug-likeness (QED) is 0.812. The lowest BCUT2D eigenvalue weighted by Gasteiger charge is -2.09. The molecule has 0 unspecified atom stereocenters. The third kappa shape index (κ3) is 2.60. The maximum Gasteiger partial charge on any atom is 0.307 e. The summed E-state index contributed by atoms with van der Waals surface area (Å²) < 4.78 is 6.44. The first-order valence-electron chi connectivity index (χ1n) is 6.58.